The van der Waals surface area contributed by atoms with Gasteiger partial charge in [0.15, 0.2) is 18.1 Å². The quantitative estimate of drug-likeness (QED) is 0.586. The number of thioether (sulfide) groups is 1. The number of hydrogen-bond acceptors (Lipinski definition) is 8. The van der Waals surface area contributed by atoms with E-state index in [0.717, 1.165) is 4.90 Å². The standard InChI is InChI=1S/C22H18N2O8S/c25-19(23-14-5-6-16-17(10-14)31-8-7-30-16)11-24-21(28)18(33-22(24)29)9-13-3-1-2-4-15(13)32-12-20(26)27/h1-6,9-10H,7-8,11-12H2,(H,23,25)(H,26,27)/b18-9+. The third kappa shape index (κ3) is 5.26. The lowest BCUT2D eigenvalue weighted by Gasteiger charge is -2.19. The molecule has 0 bridgehead atoms. The van der Waals surface area contributed by atoms with Gasteiger partial charge in [0.2, 0.25) is 5.91 Å². The summed E-state index contributed by atoms with van der Waals surface area (Å²) in [6, 6.07) is 11.4. The molecule has 0 spiro atoms. The molecule has 2 aliphatic heterocycles. The van der Waals surface area contributed by atoms with Gasteiger partial charge in [-0.3, -0.25) is 19.3 Å². The zero-order valence-electron chi connectivity index (χ0n) is 17.1. The number of aliphatic carboxylic acids is 1. The summed E-state index contributed by atoms with van der Waals surface area (Å²) in [6.07, 6.45) is 1.43. The van der Waals surface area contributed by atoms with Crippen molar-refractivity contribution in [2.45, 2.75) is 0 Å². The molecule has 11 heteroatoms. The lowest BCUT2D eigenvalue weighted by atomic mass is 10.2. The predicted octanol–water partition coefficient (Wildman–Crippen LogP) is 2.60. The molecule has 4 rings (SSSR count). The second kappa shape index (κ2) is 9.65. The molecule has 1 saturated heterocycles. The first kappa shape index (κ1) is 22.2. The maximum absolute atomic E-state index is 12.7. The number of nitrogens with zero attached hydrogens (tertiary/aromatic N) is 1. The molecule has 3 amide bonds. The van der Waals surface area contributed by atoms with Crippen LogP contribution >= 0.6 is 11.8 Å². The van der Waals surface area contributed by atoms with Crippen LogP contribution in [0.25, 0.3) is 6.08 Å². The minimum atomic E-state index is -1.14. The molecule has 2 aromatic rings. The van der Waals surface area contributed by atoms with Crippen molar-refractivity contribution in [2.75, 3.05) is 31.7 Å². The highest BCUT2D eigenvalue weighted by atomic mass is 32.2. The van der Waals surface area contributed by atoms with Crippen molar-refractivity contribution in [3.05, 3.63) is 52.9 Å². The monoisotopic (exact) mass is 470 g/mol. The third-order valence-electron chi connectivity index (χ3n) is 4.56. The van der Waals surface area contributed by atoms with Crippen molar-refractivity contribution in [2.24, 2.45) is 0 Å². The van der Waals surface area contributed by atoms with E-state index in [1.54, 1.807) is 42.5 Å². The molecule has 0 aromatic heterocycles. The summed E-state index contributed by atoms with van der Waals surface area (Å²) < 4.78 is 16.1. The first-order chi connectivity index (χ1) is 15.9. The maximum atomic E-state index is 12.7. The van der Waals surface area contributed by atoms with Gasteiger partial charge >= 0.3 is 5.97 Å². The van der Waals surface area contributed by atoms with Gasteiger partial charge in [-0.15, -0.1) is 0 Å². The van der Waals surface area contributed by atoms with Gasteiger partial charge in [-0.25, -0.2) is 4.79 Å². The second-order valence-electron chi connectivity index (χ2n) is 6.89. The SMILES string of the molecule is O=C(O)COc1ccccc1/C=C1/SC(=O)N(CC(=O)Nc2ccc3c(c2)OCCO3)C1=O. The highest BCUT2D eigenvalue weighted by Crippen LogP contribution is 2.35. The van der Waals surface area contributed by atoms with Gasteiger partial charge in [0.25, 0.3) is 11.1 Å². The van der Waals surface area contributed by atoms with Crippen LogP contribution in [0.2, 0.25) is 0 Å². The van der Waals surface area contributed by atoms with E-state index in [0.29, 0.717) is 47.7 Å². The number of amides is 3. The van der Waals surface area contributed by atoms with Crippen LogP contribution in [0.4, 0.5) is 10.5 Å². The molecule has 0 atom stereocenters. The summed E-state index contributed by atoms with van der Waals surface area (Å²) in [5.74, 6) is -1.01. The number of nitrogens with one attached hydrogen (secondary N) is 1. The van der Waals surface area contributed by atoms with Crippen LogP contribution in [0, 0.1) is 0 Å². The van der Waals surface area contributed by atoms with Gasteiger partial charge in [-0.05, 0) is 36.0 Å². The first-order valence-electron chi connectivity index (χ1n) is 9.79. The fraction of sp³-hybridized carbons (Fsp3) is 0.182. The third-order valence-corrected chi connectivity index (χ3v) is 5.47. The van der Waals surface area contributed by atoms with Crippen molar-refractivity contribution < 1.29 is 38.5 Å². The van der Waals surface area contributed by atoms with Gasteiger partial charge in [0.05, 0.1) is 4.91 Å². The zero-order chi connectivity index (χ0) is 23.4. The topological polar surface area (TPSA) is 131 Å². The Morgan fingerprint density at radius 3 is 2.67 bits per heavy atom. The number of para-hydroxylation sites is 1. The number of carboxylic acids is 1. The Hall–Kier alpha value is -3.99. The summed E-state index contributed by atoms with van der Waals surface area (Å²) in [5, 5.41) is 10.9. The predicted molar refractivity (Wildman–Crippen MR) is 118 cm³/mol. The number of carbonyl (C=O) groups is 4. The molecule has 10 nitrogen and oxygen atoms in total. The van der Waals surface area contributed by atoms with E-state index in [4.69, 9.17) is 19.3 Å². The lowest BCUT2D eigenvalue weighted by Crippen LogP contribution is -2.36. The fourth-order valence-corrected chi connectivity index (χ4v) is 3.94. The van der Waals surface area contributed by atoms with Crippen LogP contribution in [0.15, 0.2) is 47.4 Å². The Labute approximate surface area is 192 Å². The molecule has 2 heterocycles. The van der Waals surface area contributed by atoms with Crippen molar-refractivity contribution in [1.29, 1.82) is 0 Å². The van der Waals surface area contributed by atoms with Crippen LogP contribution in [-0.4, -0.2) is 59.4 Å². The normalized spacial score (nSPS) is 16.1. The van der Waals surface area contributed by atoms with E-state index >= 15 is 0 Å². The fourth-order valence-electron chi connectivity index (χ4n) is 3.11. The van der Waals surface area contributed by atoms with Crippen molar-refractivity contribution in [3.63, 3.8) is 0 Å². The van der Waals surface area contributed by atoms with E-state index < -0.39 is 36.2 Å². The van der Waals surface area contributed by atoms with Crippen molar-refractivity contribution in [3.8, 4) is 17.2 Å². The lowest BCUT2D eigenvalue weighted by molar-refractivity contribution is -0.139. The van der Waals surface area contributed by atoms with Crippen LogP contribution in [0.5, 0.6) is 17.2 Å². The number of fused-ring (bicyclic) bond motifs is 1. The van der Waals surface area contributed by atoms with Crippen LogP contribution in [-0.2, 0) is 14.4 Å². The van der Waals surface area contributed by atoms with Crippen molar-refractivity contribution in [1.82, 2.24) is 4.90 Å². The summed E-state index contributed by atoms with van der Waals surface area (Å²) >= 11 is 0.687. The Kier molecular flexibility index (Phi) is 6.50. The number of imide groups is 1. The summed E-state index contributed by atoms with van der Waals surface area (Å²) in [4.78, 5) is 49.3. The average Bonchev–Trinajstić information content (AvgIpc) is 3.05. The molecule has 170 valence electrons. The van der Waals surface area contributed by atoms with E-state index in [-0.39, 0.29) is 10.7 Å². The van der Waals surface area contributed by atoms with E-state index in [9.17, 15) is 19.2 Å². The highest BCUT2D eigenvalue weighted by molar-refractivity contribution is 8.18. The number of carboxylic acid groups (broad SMARTS) is 1. The molecule has 0 aliphatic carbocycles. The summed E-state index contributed by atoms with van der Waals surface area (Å²) in [7, 11) is 0. The molecule has 0 saturated carbocycles. The first-order valence-corrected chi connectivity index (χ1v) is 10.6. The number of benzene rings is 2. The van der Waals surface area contributed by atoms with E-state index in [2.05, 4.69) is 5.32 Å². The number of anilines is 1. The van der Waals surface area contributed by atoms with Gasteiger partial charge in [0.1, 0.15) is 25.5 Å². The van der Waals surface area contributed by atoms with Crippen molar-refractivity contribution >= 4 is 46.5 Å². The Balaban J connectivity index is 1.43. The Morgan fingerprint density at radius 2 is 1.88 bits per heavy atom. The van der Waals surface area contributed by atoms with Gasteiger partial charge in [-0.1, -0.05) is 18.2 Å². The van der Waals surface area contributed by atoms with Gasteiger partial charge in [-0.2, -0.15) is 0 Å². The number of hydrogen-bond donors (Lipinski definition) is 2. The maximum Gasteiger partial charge on any atom is 0.341 e. The Morgan fingerprint density at radius 1 is 1.12 bits per heavy atom. The molecular formula is C22H18N2O8S. The molecular weight excluding hydrogens is 452 g/mol. The number of carbonyl (C=O) groups excluding carboxylic acids is 3. The van der Waals surface area contributed by atoms with Gasteiger partial charge < -0.3 is 24.6 Å². The molecule has 33 heavy (non-hydrogen) atoms. The molecule has 1 fully saturated rings. The molecule has 2 aliphatic rings. The minimum absolute atomic E-state index is 0.0958. The average molecular weight is 470 g/mol. The summed E-state index contributed by atoms with van der Waals surface area (Å²) in [5.41, 5.74) is 0.876. The van der Waals surface area contributed by atoms with Crippen LogP contribution in [0.3, 0.4) is 0 Å². The molecule has 2 N–H and O–H groups in total. The highest BCUT2D eigenvalue weighted by Gasteiger charge is 2.36. The van der Waals surface area contributed by atoms with Gasteiger partial charge in [0, 0.05) is 17.3 Å². The van der Waals surface area contributed by atoms with E-state index in [1.807, 2.05) is 0 Å². The molecule has 0 unspecified atom stereocenters. The van der Waals surface area contributed by atoms with Crippen LogP contribution in [0.1, 0.15) is 5.56 Å². The summed E-state index contributed by atoms with van der Waals surface area (Å²) in [6.45, 7) is -0.167. The molecule has 2 aromatic carbocycles. The Bertz CT molecular complexity index is 1160. The smallest absolute Gasteiger partial charge is 0.341 e. The van der Waals surface area contributed by atoms with Crippen LogP contribution < -0.4 is 19.5 Å². The molecule has 0 radical (unpaired) electrons. The zero-order valence-corrected chi connectivity index (χ0v) is 17.9. The minimum Gasteiger partial charge on any atom is -0.486 e. The van der Waals surface area contributed by atoms with E-state index in [1.165, 1.54) is 6.08 Å². The second-order valence-corrected chi connectivity index (χ2v) is 7.89. The number of ether oxygens (including phenoxy) is 3. The largest absolute Gasteiger partial charge is 0.486 e. The number of rotatable bonds is 7.